The van der Waals surface area contributed by atoms with E-state index in [9.17, 15) is 9.59 Å². The second-order valence-corrected chi connectivity index (χ2v) is 7.40. The van der Waals surface area contributed by atoms with Crippen molar-refractivity contribution in [3.8, 4) is 0 Å². The van der Waals surface area contributed by atoms with Gasteiger partial charge < -0.3 is 10.2 Å². The molecule has 2 N–H and O–H groups in total. The zero-order valence-electron chi connectivity index (χ0n) is 15.0. The van der Waals surface area contributed by atoms with E-state index < -0.39 is 0 Å². The molecule has 0 aromatic carbocycles. The minimum absolute atomic E-state index is 0.205. The number of nitrogens with zero attached hydrogens (tertiary/aromatic N) is 3. The number of aryl methyl sites for hydroxylation is 1. The van der Waals surface area contributed by atoms with Crippen LogP contribution in [0.1, 0.15) is 37.8 Å². The standard InChI is InChI=1S/C18H25N5O2/c1-10-15-14(17(24)21-18(25)23(15)13-4-5-13)8-20-16(10)22-7-6-12(9-22)11(2)19-3/h8,11-13,19H,4-7,9H2,1-3H3,(H,21,24,25)/t11-,12+/m1/s1. The lowest BCUT2D eigenvalue weighted by Gasteiger charge is -2.23. The Kier molecular flexibility index (Phi) is 3.91. The summed E-state index contributed by atoms with van der Waals surface area (Å²) in [6, 6.07) is 0.662. The van der Waals surface area contributed by atoms with E-state index in [1.165, 1.54) is 0 Å². The monoisotopic (exact) mass is 343 g/mol. The average molecular weight is 343 g/mol. The van der Waals surface area contributed by atoms with Crippen LogP contribution in [0.3, 0.4) is 0 Å². The van der Waals surface area contributed by atoms with Crippen LogP contribution in [0.4, 0.5) is 5.82 Å². The van der Waals surface area contributed by atoms with Gasteiger partial charge in [-0.1, -0.05) is 0 Å². The van der Waals surface area contributed by atoms with Gasteiger partial charge >= 0.3 is 5.69 Å². The van der Waals surface area contributed by atoms with Gasteiger partial charge in [0.15, 0.2) is 0 Å². The summed E-state index contributed by atoms with van der Waals surface area (Å²) in [6.45, 7) is 6.08. The Morgan fingerprint density at radius 3 is 2.76 bits per heavy atom. The molecule has 2 atom stereocenters. The number of nitrogens with one attached hydrogen (secondary N) is 2. The molecule has 0 radical (unpaired) electrons. The van der Waals surface area contributed by atoms with E-state index in [0.717, 1.165) is 49.2 Å². The fourth-order valence-corrected chi connectivity index (χ4v) is 4.02. The van der Waals surface area contributed by atoms with E-state index in [0.29, 0.717) is 17.3 Å². The molecule has 1 aliphatic heterocycles. The zero-order chi connectivity index (χ0) is 17.7. The van der Waals surface area contributed by atoms with Gasteiger partial charge in [0.1, 0.15) is 5.82 Å². The Hall–Kier alpha value is -2.15. The number of rotatable bonds is 4. The fraction of sp³-hybridized carbons (Fsp3) is 0.611. The second kappa shape index (κ2) is 5.98. The lowest BCUT2D eigenvalue weighted by Crippen LogP contribution is -2.33. The molecule has 2 aromatic rings. The first-order chi connectivity index (χ1) is 12.0. The van der Waals surface area contributed by atoms with Gasteiger partial charge in [0, 0.05) is 36.9 Å². The summed E-state index contributed by atoms with van der Waals surface area (Å²) in [5.41, 5.74) is 1.04. The quantitative estimate of drug-likeness (QED) is 0.870. The topological polar surface area (TPSA) is 83.0 Å². The number of aromatic nitrogens is 3. The Balaban J connectivity index is 1.82. The van der Waals surface area contributed by atoms with Crippen molar-refractivity contribution in [1.29, 1.82) is 0 Å². The van der Waals surface area contributed by atoms with Gasteiger partial charge in [0.05, 0.1) is 10.9 Å². The molecule has 0 bridgehead atoms. The number of aromatic amines is 1. The van der Waals surface area contributed by atoms with Crippen LogP contribution in [0.25, 0.3) is 10.9 Å². The number of H-pyrrole nitrogens is 1. The van der Waals surface area contributed by atoms with Crippen LogP contribution in [0.15, 0.2) is 15.8 Å². The van der Waals surface area contributed by atoms with Gasteiger partial charge in [-0.25, -0.2) is 9.78 Å². The van der Waals surface area contributed by atoms with Gasteiger partial charge in [-0.2, -0.15) is 0 Å². The van der Waals surface area contributed by atoms with Crippen LogP contribution in [0, 0.1) is 12.8 Å². The van der Waals surface area contributed by atoms with E-state index in [2.05, 4.69) is 27.1 Å². The van der Waals surface area contributed by atoms with Crippen molar-refractivity contribution in [2.45, 2.75) is 45.2 Å². The highest BCUT2D eigenvalue weighted by Crippen LogP contribution is 2.37. The Bertz CT molecular complexity index is 927. The van der Waals surface area contributed by atoms with Gasteiger partial charge in [0.25, 0.3) is 5.56 Å². The van der Waals surface area contributed by atoms with Gasteiger partial charge in [-0.3, -0.25) is 14.3 Å². The van der Waals surface area contributed by atoms with Crippen LogP contribution in [-0.4, -0.2) is 40.7 Å². The molecule has 4 rings (SSSR count). The molecule has 25 heavy (non-hydrogen) atoms. The van der Waals surface area contributed by atoms with Crippen molar-refractivity contribution < 1.29 is 0 Å². The summed E-state index contributed by atoms with van der Waals surface area (Å²) in [6.07, 6.45) is 4.73. The van der Waals surface area contributed by atoms with Crippen molar-refractivity contribution in [1.82, 2.24) is 19.9 Å². The third-order valence-corrected chi connectivity index (χ3v) is 5.79. The molecule has 0 unspecified atom stereocenters. The molecule has 1 saturated heterocycles. The number of pyridine rings is 1. The summed E-state index contributed by atoms with van der Waals surface area (Å²) in [5, 5.41) is 3.84. The van der Waals surface area contributed by atoms with Crippen LogP contribution in [0.5, 0.6) is 0 Å². The minimum Gasteiger partial charge on any atom is -0.356 e. The largest absolute Gasteiger partial charge is 0.356 e. The van der Waals surface area contributed by atoms with E-state index >= 15 is 0 Å². The number of fused-ring (bicyclic) bond motifs is 1. The first kappa shape index (κ1) is 16.3. The summed E-state index contributed by atoms with van der Waals surface area (Å²) in [4.78, 5) is 33.9. The smallest absolute Gasteiger partial charge is 0.329 e. The molecular formula is C18H25N5O2. The first-order valence-corrected chi connectivity index (χ1v) is 9.07. The van der Waals surface area contributed by atoms with Crippen LogP contribution >= 0.6 is 0 Å². The molecule has 2 aliphatic rings. The van der Waals surface area contributed by atoms with Crippen LogP contribution in [-0.2, 0) is 0 Å². The maximum absolute atomic E-state index is 12.4. The number of anilines is 1. The second-order valence-electron chi connectivity index (χ2n) is 7.40. The predicted octanol–water partition coefficient (Wildman–Crippen LogP) is 1.16. The summed E-state index contributed by atoms with van der Waals surface area (Å²) in [7, 11) is 1.99. The summed E-state index contributed by atoms with van der Waals surface area (Å²) >= 11 is 0. The van der Waals surface area contributed by atoms with Crippen molar-refractivity contribution >= 4 is 16.7 Å². The molecule has 2 aromatic heterocycles. The lowest BCUT2D eigenvalue weighted by molar-refractivity contribution is 0.428. The molecule has 0 spiro atoms. The van der Waals surface area contributed by atoms with Gasteiger partial charge in [-0.15, -0.1) is 0 Å². The molecule has 3 heterocycles. The fourth-order valence-electron chi connectivity index (χ4n) is 4.02. The third kappa shape index (κ3) is 2.66. The Morgan fingerprint density at radius 1 is 1.32 bits per heavy atom. The molecule has 0 amide bonds. The van der Waals surface area contributed by atoms with Gasteiger partial charge in [-0.05, 0) is 46.1 Å². The highest BCUT2D eigenvalue weighted by Gasteiger charge is 2.31. The molecule has 2 fully saturated rings. The van der Waals surface area contributed by atoms with Crippen LogP contribution in [0.2, 0.25) is 0 Å². The van der Waals surface area contributed by atoms with E-state index in [1.807, 2.05) is 14.0 Å². The summed E-state index contributed by atoms with van der Waals surface area (Å²) < 4.78 is 1.76. The first-order valence-electron chi connectivity index (χ1n) is 9.07. The van der Waals surface area contributed by atoms with Gasteiger partial charge in [0.2, 0.25) is 0 Å². The third-order valence-electron chi connectivity index (χ3n) is 5.79. The Labute approximate surface area is 146 Å². The molecule has 1 aliphatic carbocycles. The average Bonchev–Trinajstić information content (AvgIpc) is 3.30. The maximum atomic E-state index is 12.4. The molecular weight excluding hydrogens is 318 g/mol. The predicted molar refractivity (Wildman–Crippen MR) is 98.5 cm³/mol. The summed E-state index contributed by atoms with van der Waals surface area (Å²) in [5.74, 6) is 1.48. The van der Waals surface area contributed by atoms with E-state index in [4.69, 9.17) is 0 Å². The minimum atomic E-state index is -0.345. The highest BCUT2D eigenvalue weighted by atomic mass is 16.2. The zero-order valence-corrected chi connectivity index (χ0v) is 15.0. The van der Waals surface area contributed by atoms with E-state index in [-0.39, 0.29) is 17.3 Å². The molecule has 7 heteroatoms. The van der Waals surface area contributed by atoms with Crippen LogP contribution < -0.4 is 21.5 Å². The Morgan fingerprint density at radius 2 is 2.08 bits per heavy atom. The maximum Gasteiger partial charge on any atom is 0.329 e. The molecule has 134 valence electrons. The highest BCUT2D eigenvalue weighted by molar-refractivity contribution is 5.84. The van der Waals surface area contributed by atoms with Crippen molar-refractivity contribution in [2.75, 3.05) is 25.0 Å². The SMILES string of the molecule is CN[C@H](C)[C@H]1CCN(c2ncc3c(=O)[nH]c(=O)n(C4CC4)c3c2C)C1. The number of hydrogen-bond donors (Lipinski definition) is 2. The van der Waals surface area contributed by atoms with Crippen molar-refractivity contribution in [2.24, 2.45) is 5.92 Å². The normalized spacial score (nSPS) is 21.9. The molecule has 1 saturated carbocycles. The van der Waals surface area contributed by atoms with Crippen molar-refractivity contribution in [3.05, 3.63) is 32.6 Å². The van der Waals surface area contributed by atoms with E-state index in [1.54, 1.807) is 10.8 Å². The van der Waals surface area contributed by atoms with Crippen molar-refractivity contribution in [3.63, 3.8) is 0 Å². The number of hydrogen-bond acceptors (Lipinski definition) is 5. The molecule has 7 nitrogen and oxygen atoms in total. The lowest BCUT2D eigenvalue weighted by atomic mass is 10.0.